The minimum absolute atomic E-state index is 0.225. The number of halogens is 1. The van der Waals surface area contributed by atoms with Gasteiger partial charge in [0.2, 0.25) is 0 Å². The van der Waals surface area contributed by atoms with E-state index in [1.54, 1.807) is 0 Å². The van der Waals surface area contributed by atoms with Crippen molar-refractivity contribution in [1.29, 1.82) is 0 Å². The van der Waals surface area contributed by atoms with Gasteiger partial charge in [-0.15, -0.1) is 0 Å². The van der Waals surface area contributed by atoms with Gasteiger partial charge in [0.25, 0.3) is 0 Å². The summed E-state index contributed by atoms with van der Waals surface area (Å²) in [6.07, 6.45) is 8.24. The lowest BCUT2D eigenvalue weighted by Crippen LogP contribution is -2.23. The van der Waals surface area contributed by atoms with E-state index in [0.29, 0.717) is 0 Å². The topological polar surface area (TPSA) is 12.9 Å². The standard InChI is InChI=1S/C36H34BrN/c1-4-5-6-7-12-25-19-24(2)20-27(21-25)36(3)32-16-11-10-13-28(32)29-18-17-26(22-33(29)36)35-31-15-9-8-14-30(31)34(37)23-38-35/h8-11,13-23H,4-7,12H2,1-3H3. The van der Waals surface area contributed by atoms with Gasteiger partial charge in [-0.25, -0.2) is 0 Å². The number of fused-ring (bicyclic) bond motifs is 4. The molecular formula is C36H34BrN. The molecule has 1 heterocycles. The predicted octanol–water partition coefficient (Wildman–Crippen LogP) is 10.4. The van der Waals surface area contributed by atoms with Crippen LogP contribution in [-0.2, 0) is 11.8 Å². The van der Waals surface area contributed by atoms with Gasteiger partial charge in [0.15, 0.2) is 0 Å². The molecule has 2 heteroatoms. The van der Waals surface area contributed by atoms with Gasteiger partial charge in [0.1, 0.15) is 0 Å². The monoisotopic (exact) mass is 559 g/mol. The molecule has 190 valence electrons. The van der Waals surface area contributed by atoms with E-state index in [4.69, 9.17) is 4.98 Å². The Kier molecular flexibility index (Phi) is 6.70. The summed E-state index contributed by atoms with van der Waals surface area (Å²) in [7, 11) is 0. The minimum atomic E-state index is -0.225. The van der Waals surface area contributed by atoms with Crippen LogP contribution in [0.4, 0.5) is 0 Å². The molecule has 1 atom stereocenters. The molecule has 1 aromatic heterocycles. The Morgan fingerprint density at radius 2 is 1.53 bits per heavy atom. The van der Waals surface area contributed by atoms with E-state index in [1.807, 2.05) is 6.20 Å². The van der Waals surface area contributed by atoms with Crippen LogP contribution in [0.2, 0.25) is 0 Å². The summed E-state index contributed by atoms with van der Waals surface area (Å²) in [5, 5.41) is 2.36. The molecule has 0 fully saturated rings. The third-order valence-electron chi connectivity index (χ3n) is 8.37. The largest absolute Gasteiger partial charge is 0.254 e. The molecule has 0 bridgehead atoms. The maximum atomic E-state index is 4.90. The van der Waals surface area contributed by atoms with Crippen LogP contribution in [0.1, 0.15) is 67.3 Å². The van der Waals surface area contributed by atoms with Crippen molar-refractivity contribution in [1.82, 2.24) is 4.98 Å². The summed E-state index contributed by atoms with van der Waals surface area (Å²) in [6, 6.07) is 31.7. The summed E-state index contributed by atoms with van der Waals surface area (Å²) in [5.41, 5.74) is 11.6. The maximum absolute atomic E-state index is 4.90. The lowest BCUT2D eigenvalue weighted by atomic mass is 9.73. The fourth-order valence-electron chi connectivity index (χ4n) is 6.39. The average Bonchev–Trinajstić information content (AvgIpc) is 3.20. The number of aryl methyl sites for hydroxylation is 2. The highest BCUT2D eigenvalue weighted by Crippen LogP contribution is 2.53. The molecule has 0 saturated carbocycles. The number of pyridine rings is 1. The van der Waals surface area contributed by atoms with Crippen LogP contribution in [0.25, 0.3) is 33.2 Å². The van der Waals surface area contributed by atoms with Gasteiger partial charge >= 0.3 is 0 Å². The van der Waals surface area contributed by atoms with Crippen molar-refractivity contribution >= 4 is 26.7 Å². The normalized spacial score (nSPS) is 16.0. The van der Waals surface area contributed by atoms with Crippen molar-refractivity contribution < 1.29 is 0 Å². The van der Waals surface area contributed by atoms with Crippen molar-refractivity contribution in [2.45, 2.75) is 58.3 Å². The van der Waals surface area contributed by atoms with Gasteiger partial charge in [-0.1, -0.05) is 111 Å². The number of hydrogen-bond donors (Lipinski definition) is 0. The van der Waals surface area contributed by atoms with Crippen LogP contribution in [0.3, 0.4) is 0 Å². The van der Waals surface area contributed by atoms with Crippen LogP contribution in [0.15, 0.2) is 95.6 Å². The molecule has 0 spiro atoms. The summed E-state index contributed by atoms with van der Waals surface area (Å²) < 4.78 is 1.03. The predicted molar refractivity (Wildman–Crippen MR) is 165 cm³/mol. The SMILES string of the molecule is CCCCCCc1cc(C)cc(C2(C)c3ccccc3-c3ccc(-c4ncc(Br)c5ccccc45)cc32)c1. The van der Waals surface area contributed by atoms with Gasteiger partial charge in [-0.3, -0.25) is 4.98 Å². The highest BCUT2D eigenvalue weighted by Gasteiger charge is 2.41. The van der Waals surface area contributed by atoms with E-state index >= 15 is 0 Å². The first-order valence-corrected chi connectivity index (χ1v) is 14.7. The quantitative estimate of drug-likeness (QED) is 0.181. The zero-order valence-electron chi connectivity index (χ0n) is 22.5. The Labute approximate surface area is 235 Å². The molecule has 0 N–H and O–H groups in total. The van der Waals surface area contributed by atoms with Gasteiger partial charge < -0.3 is 0 Å². The van der Waals surface area contributed by atoms with E-state index in [0.717, 1.165) is 16.6 Å². The second-order valence-corrected chi connectivity index (χ2v) is 11.8. The summed E-state index contributed by atoms with van der Waals surface area (Å²) >= 11 is 3.70. The summed E-state index contributed by atoms with van der Waals surface area (Å²) in [6.45, 7) is 6.95. The van der Waals surface area contributed by atoms with E-state index in [1.165, 1.54) is 81.0 Å². The van der Waals surface area contributed by atoms with Crippen molar-refractivity contribution in [2.75, 3.05) is 0 Å². The zero-order valence-corrected chi connectivity index (χ0v) is 24.1. The zero-order chi connectivity index (χ0) is 26.3. The van der Waals surface area contributed by atoms with Gasteiger partial charge in [0.05, 0.1) is 5.69 Å². The molecule has 4 aromatic carbocycles. The molecule has 1 nitrogen and oxygen atoms in total. The van der Waals surface area contributed by atoms with E-state index in [-0.39, 0.29) is 5.41 Å². The van der Waals surface area contributed by atoms with E-state index < -0.39 is 0 Å². The third-order valence-corrected chi connectivity index (χ3v) is 9.00. The van der Waals surface area contributed by atoms with Crippen molar-refractivity contribution in [3.63, 3.8) is 0 Å². The molecule has 0 amide bonds. The van der Waals surface area contributed by atoms with Crippen molar-refractivity contribution in [3.05, 3.63) is 123 Å². The first-order chi connectivity index (χ1) is 18.5. The second-order valence-electron chi connectivity index (χ2n) is 10.9. The minimum Gasteiger partial charge on any atom is -0.254 e. The molecule has 0 saturated heterocycles. The maximum Gasteiger partial charge on any atom is 0.0781 e. The first kappa shape index (κ1) is 25.1. The summed E-state index contributed by atoms with van der Waals surface area (Å²) in [5.74, 6) is 0. The molecule has 1 unspecified atom stereocenters. The Balaban J connectivity index is 1.52. The molecule has 1 aliphatic carbocycles. The number of hydrogen-bond acceptors (Lipinski definition) is 1. The number of unbranched alkanes of at least 4 members (excludes halogenated alkanes) is 3. The Morgan fingerprint density at radius 3 is 2.37 bits per heavy atom. The van der Waals surface area contributed by atoms with Crippen LogP contribution < -0.4 is 0 Å². The molecule has 5 aromatic rings. The molecule has 0 aliphatic heterocycles. The van der Waals surface area contributed by atoms with Crippen LogP contribution in [0, 0.1) is 6.92 Å². The molecular weight excluding hydrogens is 526 g/mol. The van der Waals surface area contributed by atoms with Crippen molar-refractivity contribution in [3.8, 4) is 22.4 Å². The van der Waals surface area contributed by atoms with Gasteiger partial charge in [-0.05, 0) is 87.5 Å². The molecule has 1 aliphatic rings. The first-order valence-electron chi connectivity index (χ1n) is 13.9. The van der Waals surface area contributed by atoms with Gasteiger partial charge in [0, 0.05) is 27.0 Å². The highest BCUT2D eigenvalue weighted by molar-refractivity contribution is 9.10. The van der Waals surface area contributed by atoms with Crippen molar-refractivity contribution in [2.24, 2.45) is 0 Å². The second kappa shape index (κ2) is 10.2. The average molecular weight is 561 g/mol. The van der Waals surface area contributed by atoms with E-state index in [2.05, 4.69) is 122 Å². The number of nitrogens with zero attached hydrogens (tertiary/aromatic N) is 1. The fourth-order valence-corrected chi connectivity index (χ4v) is 6.84. The molecule has 38 heavy (non-hydrogen) atoms. The number of benzene rings is 4. The molecule has 0 radical (unpaired) electrons. The van der Waals surface area contributed by atoms with Crippen LogP contribution >= 0.6 is 15.9 Å². The lowest BCUT2D eigenvalue weighted by Gasteiger charge is -2.29. The van der Waals surface area contributed by atoms with E-state index in [9.17, 15) is 0 Å². The molecule has 6 rings (SSSR count). The Bertz CT molecular complexity index is 1650. The van der Waals surface area contributed by atoms with Gasteiger partial charge in [-0.2, -0.15) is 0 Å². The Hall–Kier alpha value is -3.23. The highest BCUT2D eigenvalue weighted by atomic mass is 79.9. The smallest absolute Gasteiger partial charge is 0.0781 e. The Morgan fingerprint density at radius 1 is 0.763 bits per heavy atom. The fraction of sp³-hybridized carbons (Fsp3) is 0.250. The number of rotatable bonds is 7. The summed E-state index contributed by atoms with van der Waals surface area (Å²) in [4.78, 5) is 4.90. The lowest BCUT2D eigenvalue weighted by molar-refractivity contribution is 0.663. The van der Waals surface area contributed by atoms with Crippen LogP contribution in [0.5, 0.6) is 0 Å². The third kappa shape index (κ3) is 4.20. The number of aromatic nitrogens is 1. The van der Waals surface area contributed by atoms with Crippen LogP contribution in [-0.4, -0.2) is 4.98 Å².